The molecular formula is C14H16N2O3. The Morgan fingerprint density at radius 2 is 2.37 bits per heavy atom. The quantitative estimate of drug-likeness (QED) is 0.831. The van der Waals surface area contributed by atoms with Crippen LogP contribution < -0.4 is 0 Å². The van der Waals surface area contributed by atoms with Gasteiger partial charge in [0.25, 0.3) is 0 Å². The van der Waals surface area contributed by atoms with E-state index in [4.69, 9.17) is 5.11 Å². The van der Waals surface area contributed by atoms with E-state index in [2.05, 4.69) is 4.98 Å². The third-order valence-corrected chi connectivity index (χ3v) is 3.16. The summed E-state index contributed by atoms with van der Waals surface area (Å²) in [4.78, 5) is 28.2. The molecule has 1 saturated heterocycles. The average Bonchev–Trinajstić information content (AvgIpc) is 2.85. The lowest BCUT2D eigenvalue weighted by atomic mass is 10.1. The van der Waals surface area contributed by atoms with Crippen LogP contribution in [0.4, 0.5) is 0 Å². The van der Waals surface area contributed by atoms with Gasteiger partial charge in [0, 0.05) is 38.0 Å². The molecule has 1 amide bonds. The molecule has 1 aromatic rings. The van der Waals surface area contributed by atoms with Gasteiger partial charge in [0.05, 0.1) is 0 Å². The van der Waals surface area contributed by atoms with Gasteiger partial charge in [-0.2, -0.15) is 0 Å². The molecule has 19 heavy (non-hydrogen) atoms. The van der Waals surface area contributed by atoms with Gasteiger partial charge in [-0.3, -0.25) is 14.6 Å². The van der Waals surface area contributed by atoms with Crippen molar-refractivity contribution in [3.63, 3.8) is 0 Å². The minimum Gasteiger partial charge on any atom is -0.481 e. The van der Waals surface area contributed by atoms with E-state index in [1.165, 1.54) is 6.08 Å². The van der Waals surface area contributed by atoms with E-state index < -0.39 is 5.97 Å². The molecule has 1 unspecified atom stereocenters. The van der Waals surface area contributed by atoms with E-state index in [0.717, 1.165) is 12.0 Å². The van der Waals surface area contributed by atoms with Gasteiger partial charge in [0.15, 0.2) is 0 Å². The number of hydrogen-bond donors (Lipinski definition) is 1. The molecule has 100 valence electrons. The Kier molecular flexibility index (Phi) is 4.28. The fourth-order valence-electron chi connectivity index (χ4n) is 2.19. The Balaban J connectivity index is 1.88. The molecule has 0 spiro atoms. The Hall–Kier alpha value is -2.17. The van der Waals surface area contributed by atoms with Crippen molar-refractivity contribution in [3.05, 3.63) is 36.2 Å². The summed E-state index contributed by atoms with van der Waals surface area (Å²) in [7, 11) is 0. The maximum atomic E-state index is 11.9. The number of aromatic nitrogens is 1. The molecule has 5 heteroatoms. The number of rotatable bonds is 4. The first-order valence-corrected chi connectivity index (χ1v) is 6.24. The number of likely N-dealkylation sites (tertiary alicyclic amines) is 1. The van der Waals surface area contributed by atoms with Crippen LogP contribution >= 0.6 is 0 Å². The summed E-state index contributed by atoms with van der Waals surface area (Å²) in [6.45, 7) is 1.16. The summed E-state index contributed by atoms with van der Waals surface area (Å²) in [6, 6.07) is 3.68. The molecule has 2 rings (SSSR count). The van der Waals surface area contributed by atoms with E-state index in [1.54, 1.807) is 23.4 Å². The molecule has 1 atom stereocenters. The summed E-state index contributed by atoms with van der Waals surface area (Å²) < 4.78 is 0. The number of carboxylic acids is 1. The Morgan fingerprint density at radius 3 is 3.05 bits per heavy atom. The molecule has 0 bridgehead atoms. The van der Waals surface area contributed by atoms with Gasteiger partial charge in [-0.25, -0.2) is 0 Å². The van der Waals surface area contributed by atoms with E-state index >= 15 is 0 Å². The standard InChI is InChI=1S/C14H16N2O3/c17-13(4-3-11-2-1-6-15-9-11)16-7-5-12(10-16)8-14(18)19/h1-4,6,9,12H,5,7-8,10H2,(H,18,19). The summed E-state index contributed by atoms with van der Waals surface area (Å²) in [5, 5.41) is 8.73. The zero-order valence-corrected chi connectivity index (χ0v) is 10.5. The third-order valence-electron chi connectivity index (χ3n) is 3.16. The van der Waals surface area contributed by atoms with Crippen molar-refractivity contribution in [2.24, 2.45) is 5.92 Å². The Bertz CT molecular complexity index is 485. The lowest BCUT2D eigenvalue weighted by Gasteiger charge is -2.13. The fraction of sp³-hybridized carbons (Fsp3) is 0.357. The van der Waals surface area contributed by atoms with Crippen molar-refractivity contribution in [1.82, 2.24) is 9.88 Å². The molecule has 1 fully saturated rings. The highest BCUT2D eigenvalue weighted by atomic mass is 16.4. The summed E-state index contributed by atoms with van der Waals surface area (Å²) in [6.07, 6.45) is 7.49. The van der Waals surface area contributed by atoms with Gasteiger partial charge >= 0.3 is 5.97 Å². The molecule has 1 aromatic heterocycles. The second-order valence-electron chi connectivity index (χ2n) is 4.66. The lowest BCUT2D eigenvalue weighted by Crippen LogP contribution is -2.27. The van der Waals surface area contributed by atoms with Crippen LogP contribution in [0.1, 0.15) is 18.4 Å². The molecule has 0 radical (unpaired) electrons. The number of aliphatic carboxylic acids is 1. The maximum Gasteiger partial charge on any atom is 0.303 e. The van der Waals surface area contributed by atoms with Crippen molar-refractivity contribution >= 4 is 18.0 Å². The molecule has 5 nitrogen and oxygen atoms in total. The van der Waals surface area contributed by atoms with Crippen LogP contribution in [0.2, 0.25) is 0 Å². The molecule has 0 aliphatic carbocycles. The van der Waals surface area contributed by atoms with Gasteiger partial charge in [-0.1, -0.05) is 6.07 Å². The fourth-order valence-corrected chi connectivity index (χ4v) is 2.19. The molecule has 2 heterocycles. The van der Waals surface area contributed by atoms with E-state index in [-0.39, 0.29) is 18.2 Å². The minimum absolute atomic E-state index is 0.0725. The van der Waals surface area contributed by atoms with Crippen LogP contribution in [-0.4, -0.2) is 40.0 Å². The van der Waals surface area contributed by atoms with E-state index in [9.17, 15) is 9.59 Å². The van der Waals surface area contributed by atoms with Gasteiger partial charge in [0.1, 0.15) is 0 Å². The van der Waals surface area contributed by atoms with Gasteiger partial charge in [0.2, 0.25) is 5.91 Å². The van der Waals surface area contributed by atoms with Crippen LogP contribution in [0.15, 0.2) is 30.6 Å². The van der Waals surface area contributed by atoms with Crippen LogP contribution in [-0.2, 0) is 9.59 Å². The zero-order valence-electron chi connectivity index (χ0n) is 10.5. The number of pyridine rings is 1. The van der Waals surface area contributed by atoms with E-state index in [1.807, 2.05) is 12.1 Å². The predicted octanol–water partition coefficient (Wildman–Crippen LogP) is 1.42. The monoisotopic (exact) mass is 260 g/mol. The Morgan fingerprint density at radius 1 is 1.53 bits per heavy atom. The highest BCUT2D eigenvalue weighted by Crippen LogP contribution is 2.19. The number of hydrogen-bond acceptors (Lipinski definition) is 3. The van der Waals surface area contributed by atoms with Crippen LogP contribution in [0.3, 0.4) is 0 Å². The Labute approximate surface area is 111 Å². The first-order valence-electron chi connectivity index (χ1n) is 6.24. The lowest BCUT2D eigenvalue weighted by molar-refractivity contribution is -0.138. The zero-order chi connectivity index (χ0) is 13.7. The smallest absolute Gasteiger partial charge is 0.303 e. The second-order valence-corrected chi connectivity index (χ2v) is 4.66. The van der Waals surface area contributed by atoms with Gasteiger partial charge < -0.3 is 10.0 Å². The van der Waals surface area contributed by atoms with Crippen molar-refractivity contribution < 1.29 is 14.7 Å². The number of amides is 1. The topological polar surface area (TPSA) is 70.5 Å². The van der Waals surface area contributed by atoms with Crippen LogP contribution in [0, 0.1) is 5.92 Å². The van der Waals surface area contributed by atoms with Crippen molar-refractivity contribution in [2.75, 3.05) is 13.1 Å². The maximum absolute atomic E-state index is 11.9. The van der Waals surface area contributed by atoms with Crippen LogP contribution in [0.5, 0.6) is 0 Å². The van der Waals surface area contributed by atoms with Gasteiger partial charge in [-0.15, -0.1) is 0 Å². The number of carbonyl (C=O) groups excluding carboxylic acids is 1. The summed E-state index contributed by atoms with van der Waals surface area (Å²) in [5.41, 5.74) is 0.872. The molecule has 1 aliphatic rings. The van der Waals surface area contributed by atoms with Crippen molar-refractivity contribution in [2.45, 2.75) is 12.8 Å². The second kappa shape index (κ2) is 6.13. The molecule has 1 aliphatic heterocycles. The first-order chi connectivity index (χ1) is 9.15. The molecule has 0 saturated carbocycles. The summed E-state index contributed by atoms with van der Waals surface area (Å²) >= 11 is 0. The molecule has 0 aromatic carbocycles. The third kappa shape index (κ3) is 3.91. The average molecular weight is 260 g/mol. The molecule has 1 N–H and O–H groups in total. The van der Waals surface area contributed by atoms with Crippen molar-refractivity contribution in [3.8, 4) is 0 Å². The SMILES string of the molecule is O=C(O)CC1CCN(C(=O)C=Cc2cccnc2)C1. The van der Waals surface area contributed by atoms with E-state index in [0.29, 0.717) is 13.1 Å². The number of carboxylic acid groups (broad SMARTS) is 1. The highest BCUT2D eigenvalue weighted by Gasteiger charge is 2.26. The molecular weight excluding hydrogens is 244 g/mol. The number of nitrogens with zero attached hydrogens (tertiary/aromatic N) is 2. The highest BCUT2D eigenvalue weighted by molar-refractivity contribution is 5.91. The predicted molar refractivity (Wildman–Crippen MR) is 70.2 cm³/mol. The minimum atomic E-state index is -0.801. The van der Waals surface area contributed by atoms with Crippen molar-refractivity contribution in [1.29, 1.82) is 0 Å². The van der Waals surface area contributed by atoms with Gasteiger partial charge in [-0.05, 0) is 30.0 Å². The summed E-state index contributed by atoms with van der Waals surface area (Å²) in [5.74, 6) is -0.796. The number of carbonyl (C=O) groups is 2. The normalized spacial score (nSPS) is 18.9. The first kappa shape index (κ1) is 13.3. The van der Waals surface area contributed by atoms with Crippen LogP contribution in [0.25, 0.3) is 6.08 Å². The largest absolute Gasteiger partial charge is 0.481 e.